The molecule has 0 aromatic heterocycles. The molecule has 0 unspecified atom stereocenters. The molecular formula is C19H38N2O4. The van der Waals surface area contributed by atoms with Gasteiger partial charge in [-0.15, -0.1) is 0 Å². The summed E-state index contributed by atoms with van der Waals surface area (Å²) in [6.45, 7) is 12.3. The zero-order valence-electron chi connectivity index (χ0n) is 17.0. The molecule has 6 nitrogen and oxygen atoms in total. The molecule has 1 amide bonds. The molecule has 0 aliphatic heterocycles. The highest BCUT2D eigenvalue weighted by molar-refractivity contribution is 5.78. The van der Waals surface area contributed by atoms with Crippen LogP contribution < -0.4 is 10.6 Å². The first-order valence-corrected chi connectivity index (χ1v) is 9.27. The van der Waals surface area contributed by atoms with E-state index in [-0.39, 0.29) is 22.9 Å². The van der Waals surface area contributed by atoms with Crippen molar-refractivity contribution in [1.29, 1.82) is 0 Å². The molecule has 0 radical (unpaired) electrons. The Bertz CT molecular complexity index is 395. The highest BCUT2D eigenvalue weighted by atomic mass is 16.5. The molecule has 0 bridgehead atoms. The Hall–Kier alpha value is -0.980. The van der Waals surface area contributed by atoms with E-state index in [9.17, 15) is 9.59 Å². The fourth-order valence-corrected chi connectivity index (χ4v) is 2.25. The highest BCUT2D eigenvalue weighted by Gasteiger charge is 2.22. The predicted octanol–water partition coefficient (Wildman–Crippen LogP) is 2.45. The Labute approximate surface area is 153 Å². The van der Waals surface area contributed by atoms with Crippen LogP contribution >= 0.6 is 0 Å². The first-order chi connectivity index (χ1) is 11.6. The molecule has 0 aliphatic carbocycles. The van der Waals surface area contributed by atoms with Gasteiger partial charge in [-0.2, -0.15) is 0 Å². The number of amides is 1. The number of carbonyl (C=O) groups excluding carboxylic acids is 2. The average molecular weight is 359 g/mol. The maximum Gasteiger partial charge on any atom is 0.220 e. The van der Waals surface area contributed by atoms with Crippen LogP contribution in [0.25, 0.3) is 0 Å². The monoisotopic (exact) mass is 358 g/mol. The standard InChI is InChI=1S/C19H38N2O4/c1-16(22)8-7-9-17(23)21-13-15-25-19(4,5)11-14-24-18(2,3)10-12-20-6/h20H,7-15H2,1-6H3,(H,21,23). The third kappa shape index (κ3) is 15.0. The van der Waals surface area contributed by atoms with E-state index in [1.807, 2.05) is 20.9 Å². The van der Waals surface area contributed by atoms with Gasteiger partial charge in [0.25, 0.3) is 0 Å². The summed E-state index contributed by atoms with van der Waals surface area (Å²) in [5, 5.41) is 5.96. The smallest absolute Gasteiger partial charge is 0.220 e. The number of hydrogen-bond acceptors (Lipinski definition) is 5. The average Bonchev–Trinajstić information content (AvgIpc) is 2.49. The van der Waals surface area contributed by atoms with E-state index in [0.29, 0.717) is 39.0 Å². The van der Waals surface area contributed by atoms with Crippen LogP contribution in [0.2, 0.25) is 0 Å². The Morgan fingerprint density at radius 3 is 2.08 bits per heavy atom. The zero-order valence-corrected chi connectivity index (χ0v) is 17.0. The van der Waals surface area contributed by atoms with Gasteiger partial charge in [0.05, 0.1) is 24.4 Å². The molecule has 0 aromatic rings. The van der Waals surface area contributed by atoms with Gasteiger partial charge >= 0.3 is 0 Å². The van der Waals surface area contributed by atoms with Gasteiger partial charge in [0.15, 0.2) is 0 Å². The van der Waals surface area contributed by atoms with Gasteiger partial charge in [0.1, 0.15) is 5.78 Å². The minimum Gasteiger partial charge on any atom is -0.375 e. The lowest BCUT2D eigenvalue weighted by molar-refractivity contribution is -0.122. The van der Waals surface area contributed by atoms with E-state index >= 15 is 0 Å². The molecule has 2 N–H and O–H groups in total. The van der Waals surface area contributed by atoms with Crippen molar-refractivity contribution < 1.29 is 19.1 Å². The lowest BCUT2D eigenvalue weighted by Crippen LogP contribution is -2.35. The fourth-order valence-electron chi connectivity index (χ4n) is 2.25. The van der Waals surface area contributed by atoms with Crippen LogP contribution in [0.4, 0.5) is 0 Å². The molecule has 0 spiro atoms. The summed E-state index contributed by atoms with van der Waals surface area (Å²) in [7, 11) is 1.94. The van der Waals surface area contributed by atoms with Crippen LogP contribution in [0, 0.1) is 0 Å². The Morgan fingerprint density at radius 2 is 1.48 bits per heavy atom. The van der Waals surface area contributed by atoms with Gasteiger partial charge in [-0.05, 0) is 67.5 Å². The molecule has 0 atom stereocenters. The van der Waals surface area contributed by atoms with E-state index in [1.165, 1.54) is 0 Å². The summed E-state index contributed by atoms with van der Waals surface area (Å²) in [5.74, 6) is 0.0894. The number of ketones is 1. The number of hydrogen-bond donors (Lipinski definition) is 2. The highest BCUT2D eigenvalue weighted by Crippen LogP contribution is 2.19. The van der Waals surface area contributed by atoms with Crippen molar-refractivity contribution in [3.05, 3.63) is 0 Å². The molecule has 0 aliphatic rings. The van der Waals surface area contributed by atoms with Crippen molar-refractivity contribution in [2.24, 2.45) is 0 Å². The SMILES string of the molecule is CNCCC(C)(C)OCCC(C)(C)OCCNC(=O)CCCC(C)=O. The second-order valence-corrected chi connectivity index (χ2v) is 7.73. The molecule has 0 saturated carbocycles. The van der Waals surface area contributed by atoms with Gasteiger partial charge in [0, 0.05) is 19.4 Å². The van der Waals surface area contributed by atoms with Crippen LogP contribution in [-0.4, -0.2) is 56.2 Å². The molecule has 0 heterocycles. The molecule has 0 saturated heterocycles. The normalized spacial score (nSPS) is 12.2. The lowest BCUT2D eigenvalue weighted by atomic mass is 10.0. The third-order valence-corrected chi connectivity index (χ3v) is 4.02. The van der Waals surface area contributed by atoms with Gasteiger partial charge < -0.3 is 24.9 Å². The molecule has 0 aromatic carbocycles. The van der Waals surface area contributed by atoms with Gasteiger partial charge in [-0.3, -0.25) is 4.79 Å². The summed E-state index contributed by atoms with van der Waals surface area (Å²) in [4.78, 5) is 22.4. The summed E-state index contributed by atoms with van der Waals surface area (Å²) >= 11 is 0. The molecule has 25 heavy (non-hydrogen) atoms. The van der Waals surface area contributed by atoms with Crippen LogP contribution in [0.3, 0.4) is 0 Å². The fraction of sp³-hybridized carbons (Fsp3) is 0.895. The van der Waals surface area contributed by atoms with Crippen LogP contribution in [-0.2, 0) is 19.1 Å². The first kappa shape index (κ1) is 24.0. The number of rotatable bonds is 15. The number of ether oxygens (including phenoxy) is 2. The number of carbonyl (C=O) groups is 2. The molecule has 0 rings (SSSR count). The second-order valence-electron chi connectivity index (χ2n) is 7.73. The summed E-state index contributed by atoms with van der Waals surface area (Å²) < 4.78 is 11.8. The molecule has 0 fully saturated rings. The van der Waals surface area contributed by atoms with E-state index in [4.69, 9.17) is 9.47 Å². The minimum atomic E-state index is -0.293. The quantitative estimate of drug-likeness (QED) is 0.440. The van der Waals surface area contributed by atoms with Gasteiger partial charge in [0.2, 0.25) is 5.91 Å². The first-order valence-electron chi connectivity index (χ1n) is 9.27. The van der Waals surface area contributed by atoms with Crippen molar-refractivity contribution in [3.63, 3.8) is 0 Å². The summed E-state index contributed by atoms with van der Waals surface area (Å²) in [5.41, 5.74) is -0.439. The largest absolute Gasteiger partial charge is 0.375 e. The summed E-state index contributed by atoms with van der Waals surface area (Å²) in [6, 6.07) is 0. The van der Waals surface area contributed by atoms with Gasteiger partial charge in [-0.25, -0.2) is 0 Å². The van der Waals surface area contributed by atoms with E-state index < -0.39 is 0 Å². The summed E-state index contributed by atoms with van der Waals surface area (Å²) in [6.07, 6.45) is 3.21. The molecule has 148 valence electrons. The maximum absolute atomic E-state index is 11.6. The third-order valence-electron chi connectivity index (χ3n) is 4.02. The number of nitrogens with one attached hydrogen (secondary N) is 2. The lowest BCUT2D eigenvalue weighted by Gasteiger charge is -2.30. The Morgan fingerprint density at radius 1 is 0.880 bits per heavy atom. The Balaban J connectivity index is 3.82. The van der Waals surface area contributed by atoms with Crippen LogP contribution in [0.5, 0.6) is 0 Å². The number of Topliss-reactive ketones (excluding diaryl/α,β-unsaturated/α-hetero) is 1. The van der Waals surface area contributed by atoms with E-state index in [1.54, 1.807) is 6.92 Å². The maximum atomic E-state index is 11.6. The molecular weight excluding hydrogens is 320 g/mol. The zero-order chi connectivity index (χ0) is 19.3. The van der Waals surface area contributed by atoms with Crippen molar-refractivity contribution in [2.45, 2.75) is 77.9 Å². The van der Waals surface area contributed by atoms with Crippen molar-refractivity contribution in [1.82, 2.24) is 10.6 Å². The second kappa shape index (κ2) is 12.4. The molecule has 6 heteroatoms. The topological polar surface area (TPSA) is 76.7 Å². The van der Waals surface area contributed by atoms with E-state index in [0.717, 1.165) is 19.4 Å². The van der Waals surface area contributed by atoms with E-state index in [2.05, 4.69) is 24.5 Å². The predicted molar refractivity (Wildman–Crippen MR) is 101 cm³/mol. The van der Waals surface area contributed by atoms with Crippen molar-refractivity contribution >= 4 is 11.7 Å². The minimum absolute atomic E-state index is 0.0303. The van der Waals surface area contributed by atoms with Crippen LogP contribution in [0.1, 0.15) is 66.7 Å². The van der Waals surface area contributed by atoms with Crippen LogP contribution in [0.15, 0.2) is 0 Å². The van der Waals surface area contributed by atoms with Gasteiger partial charge in [-0.1, -0.05) is 0 Å². The van der Waals surface area contributed by atoms with Crippen molar-refractivity contribution in [3.8, 4) is 0 Å². The Kier molecular flexibility index (Phi) is 11.9. The van der Waals surface area contributed by atoms with Crippen molar-refractivity contribution in [2.75, 3.05) is 33.4 Å².